The van der Waals surface area contributed by atoms with Gasteiger partial charge in [-0.3, -0.25) is 9.48 Å². The molecule has 0 aliphatic rings. The average molecular weight is 383 g/mol. The molecule has 0 unspecified atom stereocenters. The van der Waals surface area contributed by atoms with Crippen LogP contribution in [-0.4, -0.2) is 26.6 Å². The quantitative estimate of drug-likeness (QED) is 0.577. The Morgan fingerprint density at radius 3 is 2.63 bits per heavy atom. The van der Waals surface area contributed by atoms with E-state index in [-0.39, 0.29) is 17.8 Å². The van der Waals surface area contributed by atoms with Crippen LogP contribution in [0.4, 0.5) is 4.39 Å². The highest BCUT2D eigenvalue weighted by atomic mass is 32.1. The van der Waals surface area contributed by atoms with Gasteiger partial charge >= 0.3 is 0 Å². The van der Waals surface area contributed by atoms with Gasteiger partial charge in [0.05, 0.1) is 6.20 Å². The second kappa shape index (κ2) is 8.31. The summed E-state index contributed by atoms with van der Waals surface area (Å²) in [5.41, 5.74) is 1.97. The van der Waals surface area contributed by atoms with E-state index in [2.05, 4.69) is 5.10 Å². The third-order valence-electron chi connectivity index (χ3n) is 4.16. The van der Waals surface area contributed by atoms with Crippen LogP contribution < -0.4 is 0 Å². The van der Waals surface area contributed by atoms with Gasteiger partial charge in [-0.05, 0) is 49.8 Å². The van der Waals surface area contributed by atoms with E-state index < -0.39 is 0 Å². The van der Waals surface area contributed by atoms with Gasteiger partial charge in [-0.2, -0.15) is 5.10 Å². The fourth-order valence-electron chi connectivity index (χ4n) is 2.73. The number of thiophene rings is 1. The highest BCUT2D eigenvalue weighted by molar-refractivity contribution is 7.16. The van der Waals surface area contributed by atoms with E-state index in [4.69, 9.17) is 0 Å². The molecule has 140 valence electrons. The van der Waals surface area contributed by atoms with Crippen molar-refractivity contribution in [1.82, 2.24) is 14.7 Å². The van der Waals surface area contributed by atoms with E-state index in [0.29, 0.717) is 6.54 Å². The van der Waals surface area contributed by atoms with Crippen LogP contribution >= 0.6 is 11.3 Å². The number of carbonyl (C=O) groups excluding carboxylic acids is 1. The minimum Gasteiger partial charge on any atom is -0.332 e. The topological polar surface area (TPSA) is 38.1 Å². The van der Waals surface area contributed by atoms with Crippen molar-refractivity contribution in [2.24, 2.45) is 7.05 Å². The molecule has 0 N–H and O–H groups in total. The summed E-state index contributed by atoms with van der Waals surface area (Å²) in [5, 5.41) is 4.16. The summed E-state index contributed by atoms with van der Waals surface area (Å²) in [6.07, 6.45) is 7.14. The van der Waals surface area contributed by atoms with Gasteiger partial charge < -0.3 is 4.90 Å². The molecular weight excluding hydrogens is 361 g/mol. The Morgan fingerprint density at radius 2 is 2.00 bits per heavy atom. The largest absolute Gasteiger partial charge is 0.332 e. The van der Waals surface area contributed by atoms with Crippen molar-refractivity contribution in [3.63, 3.8) is 0 Å². The van der Waals surface area contributed by atoms with Crippen LogP contribution in [0.5, 0.6) is 0 Å². The van der Waals surface area contributed by atoms with Crippen molar-refractivity contribution in [2.45, 2.75) is 26.4 Å². The van der Waals surface area contributed by atoms with Crippen LogP contribution in [-0.2, 0) is 18.4 Å². The number of halogens is 1. The number of benzene rings is 1. The Morgan fingerprint density at radius 1 is 1.26 bits per heavy atom. The van der Waals surface area contributed by atoms with Crippen LogP contribution in [0.25, 0.3) is 16.5 Å². The van der Waals surface area contributed by atoms with Crippen LogP contribution in [0, 0.1) is 5.82 Å². The fraction of sp³-hybridized carbons (Fsp3) is 0.238. The minimum absolute atomic E-state index is 0.0365. The van der Waals surface area contributed by atoms with Crippen molar-refractivity contribution in [3.05, 3.63) is 71.1 Å². The number of carbonyl (C=O) groups is 1. The maximum Gasteiger partial charge on any atom is 0.247 e. The maximum atomic E-state index is 13.1. The smallest absolute Gasteiger partial charge is 0.247 e. The van der Waals surface area contributed by atoms with Crippen LogP contribution in [0.2, 0.25) is 0 Å². The van der Waals surface area contributed by atoms with Gasteiger partial charge in [0.15, 0.2) is 0 Å². The lowest BCUT2D eigenvalue weighted by atomic mass is 10.2. The summed E-state index contributed by atoms with van der Waals surface area (Å²) in [7, 11) is 1.86. The maximum absolute atomic E-state index is 13.1. The molecule has 0 aliphatic carbocycles. The molecule has 3 rings (SSSR count). The van der Waals surface area contributed by atoms with Crippen molar-refractivity contribution >= 4 is 23.3 Å². The molecule has 0 spiro atoms. The van der Waals surface area contributed by atoms with E-state index in [1.807, 2.05) is 50.2 Å². The average Bonchev–Trinajstić information content (AvgIpc) is 3.27. The lowest BCUT2D eigenvalue weighted by Gasteiger charge is -2.24. The summed E-state index contributed by atoms with van der Waals surface area (Å²) < 4.78 is 14.8. The third-order valence-corrected chi connectivity index (χ3v) is 5.26. The molecule has 0 fully saturated rings. The van der Waals surface area contributed by atoms with E-state index in [0.717, 1.165) is 20.9 Å². The SMILES string of the molecule is CC(C)N(Cc1cnn(C)c1)C(=O)C=Cc1ccc(-c2ccc(F)cc2)s1. The monoisotopic (exact) mass is 383 g/mol. The molecular formula is C21H22FN3OS. The molecule has 3 aromatic rings. The van der Waals surface area contributed by atoms with Gasteiger partial charge in [0.2, 0.25) is 5.91 Å². The molecule has 0 saturated carbocycles. The van der Waals surface area contributed by atoms with Gasteiger partial charge in [-0.25, -0.2) is 4.39 Å². The Labute approximate surface area is 162 Å². The number of amides is 1. The number of rotatable bonds is 6. The Balaban J connectivity index is 1.70. The molecule has 0 aliphatic heterocycles. The molecule has 0 saturated heterocycles. The number of aryl methyl sites for hydroxylation is 1. The van der Waals surface area contributed by atoms with Crippen molar-refractivity contribution in [1.29, 1.82) is 0 Å². The van der Waals surface area contributed by atoms with Gasteiger partial charge in [0, 0.05) is 47.2 Å². The van der Waals surface area contributed by atoms with E-state index in [9.17, 15) is 9.18 Å². The van der Waals surface area contributed by atoms with E-state index in [1.54, 1.807) is 40.4 Å². The summed E-state index contributed by atoms with van der Waals surface area (Å²) in [6, 6.07) is 10.5. The molecule has 4 nitrogen and oxygen atoms in total. The number of hydrogen-bond acceptors (Lipinski definition) is 3. The summed E-state index contributed by atoms with van der Waals surface area (Å²) in [5.74, 6) is -0.283. The van der Waals surface area contributed by atoms with Crippen molar-refractivity contribution < 1.29 is 9.18 Å². The van der Waals surface area contributed by atoms with E-state index in [1.165, 1.54) is 12.1 Å². The zero-order valence-corrected chi connectivity index (χ0v) is 16.4. The molecule has 2 heterocycles. The second-order valence-corrected chi connectivity index (χ2v) is 7.74. The van der Waals surface area contributed by atoms with Crippen molar-refractivity contribution in [3.8, 4) is 10.4 Å². The third kappa shape index (κ3) is 4.92. The van der Waals surface area contributed by atoms with Gasteiger partial charge in [0.25, 0.3) is 0 Å². The van der Waals surface area contributed by atoms with Crippen molar-refractivity contribution in [2.75, 3.05) is 0 Å². The fourth-order valence-corrected chi connectivity index (χ4v) is 3.64. The highest BCUT2D eigenvalue weighted by Gasteiger charge is 2.15. The first-order chi connectivity index (χ1) is 12.9. The minimum atomic E-state index is -0.247. The molecule has 1 amide bonds. The summed E-state index contributed by atoms with van der Waals surface area (Å²) >= 11 is 1.57. The Hall–Kier alpha value is -2.73. The molecule has 2 aromatic heterocycles. The molecule has 6 heteroatoms. The zero-order valence-electron chi connectivity index (χ0n) is 15.6. The number of nitrogens with zero attached hydrogens (tertiary/aromatic N) is 3. The normalized spacial score (nSPS) is 11.4. The van der Waals surface area contributed by atoms with Gasteiger partial charge in [-0.15, -0.1) is 11.3 Å². The first-order valence-corrected chi connectivity index (χ1v) is 9.56. The molecule has 27 heavy (non-hydrogen) atoms. The molecule has 1 aromatic carbocycles. The van der Waals surface area contributed by atoms with Crippen LogP contribution in [0.3, 0.4) is 0 Å². The molecule has 0 atom stereocenters. The molecule has 0 radical (unpaired) electrons. The van der Waals surface area contributed by atoms with Gasteiger partial charge in [0.1, 0.15) is 5.82 Å². The predicted molar refractivity (Wildman–Crippen MR) is 108 cm³/mol. The lowest BCUT2D eigenvalue weighted by Crippen LogP contribution is -2.35. The highest BCUT2D eigenvalue weighted by Crippen LogP contribution is 2.29. The van der Waals surface area contributed by atoms with E-state index >= 15 is 0 Å². The lowest BCUT2D eigenvalue weighted by molar-refractivity contribution is -0.128. The summed E-state index contributed by atoms with van der Waals surface area (Å²) in [6.45, 7) is 4.53. The number of hydrogen-bond donors (Lipinski definition) is 0. The Bertz CT molecular complexity index is 941. The predicted octanol–water partition coefficient (Wildman–Crippen LogP) is 4.74. The second-order valence-electron chi connectivity index (χ2n) is 6.62. The standard InChI is InChI=1S/C21H22FN3OS/c1-15(2)25(14-16-12-23-24(3)13-16)21(26)11-9-19-8-10-20(27-19)17-4-6-18(22)7-5-17/h4-13,15H,14H2,1-3H3. The Kier molecular flexibility index (Phi) is 5.86. The molecule has 0 bridgehead atoms. The first-order valence-electron chi connectivity index (χ1n) is 8.74. The number of aromatic nitrogens is 2. The first kappa shape index (κ1) is 19.0. The van der Waals surface area contributed by atoms with Crippen LogP contribution in [0.15, 0.2) is 54.9 Å². The van der Waals surface area contributed by atoms with Gasteiger partial charge in [-0.1, -0.05) is 12.1 Å². The zero-order chi connectivity index (χ0) is 19.4. The summed E-state index contributed by atoms with van der Waals surface area (Å²) in [4.78, 5) is 16.5. The van der Waals surface area contributed by atoms with Crippen LogP contribution in [0.1, 0.15) is 24.3 Å².